The molecule has 0 radical (unpaired) electrons. The number of hydrogen-bond donors (Lipinski definition) is 2. The lowest BCUT2D eigenvalue weighted by Gasteiger charge is -2.27. The molecule has 0 saturated heterocycles. The number of aliphatic hydroxyl groups is 1. The van der Waals surface area contributed by atoms with Crippen molar-refractivity contribution in [2.24, 2.45) is 0 Å². The quantitative estimate of drug-likeness (QED) is 0.844. The molecule has 0 aliphatic heterocycles. The second kappa shape index (κ2) is 5.26. The zero-order chi connectivity index (χ0) is 14.0. The Bertz CT molecular complexity index is 505. The number of benzene rings is 1. The molecule has 1 aromatic rings. The van der Waals surface area contributed by atoms with E-state index in [0.29, 0.717) is 0 Å². The molecule has 0 bridgehead atoms. The zero-order valence-corrected chi connectivity index (χ0v) is 11.6. The second-order valence-electron chi connectivity index (χ2n) is 4.74. The Hall–Kier alpha value is -1.11. The lowest BCUT2D eigenvalue weighted by molar-refractivity contribution is 0.0601. The van der Waals surface area contributed by atoms with Crippen LogP contribution in [0.3, 0.4) is 0 Å². The number of nitrogens with zero attached hydrogens (tertiary/aromatic N) is 1. The van der Waals surface area contributed by atoms with E-state index >= 15 is 0 Å². The smallest absolute Gasteiger partial charge is 0.243 e. The number of rotatable bonds is 5. The van der Waals surface area contributed by atoms with Crippen molar-refractivity contribution in [3.8, 4) is 5.75 Å². The molecule has 0 spiro atoms. The van der Waals surface area contributed by atoms with Crippen LogP contribution in [-0.2, 0) is 10.0 Å². The highest BCUT2D eigenvalue weighted by Gasteiger charge is 2.28. The minimum atomic E-state index is -3.69. The minimum Gasteiger partial charge on any atom is -0.508 e. The summed E-state index contributed by atoms with van der Waals surface area (Å²) >= 11 is 0. The number of hydrogen-bond acceptors (Lipinski definition) is 4. The highest BCUT2D eigenvalue weighted by atomic mass is 32.2. The Balaban J connectivity index is 3.11. The Morgan fingerprint density at radius 1 is 1.33 bits per heavy atom. The van der Waals surface area contributed by atoms with Gasteiger partial charge in [0.2, 0.25) is 10.0 Å². The fourth-order valence-electron chi connectivity index (χ4n) is 1.59. The Morgan fingerprint density at radius 2 is 1.94 bits per heavy atom. The van der Waals surface area contributed by atoms with Crippen LogP contribution in [0.15, 0.2) is 29.2 Å². The van der Waals surface area contributed by atoms with Crippen LogP contribution < -0.4 is 0 Å². The summed E-state index contributed by atoms with van der Waals surface area (Å²) in [4.78, 5) is 0.0219. The van der Waals surface area contributed by atoms with Crippen molar-refractivity contribution in [2.75, 3.05) is 13.1 Å². The molecule has 1 rings (SSSR count). The maximum atomic E-state index is 12.3. The van der Waals surface area contributed by atoms with Gasteiger partial charge in [-0.25, -0.2) is 8.42 Å². The van der Waals surface area contributed by atoms with E-state index in [2.05, 4.69) is 0 Å². The van der Waals surface area contributed by atoms with E-state index in [9.17, 15) is 18.6 Å². The predicted octanol–water partition coefficient (Wildman–Crippen LogP) is 1.17. The van der Waals surface area contributed by atoms with Gasteiger partial charge in [0.05, 0.1) is 10.5 Å². The largest absolute Gasteiger partial charge is 0.508 e. The van der Waals surface area contributed by atoms with Crippen molar-refractivity contribution in [3.63, 3.8) is 0 Å². The number of phenolic OH excluding ortho intramolecular Hbond substituents is 1. The van der Waals surface area contributed by atoms with Crippen LogP contribution in [0, 0.1) is 0 Å². The van der Waals surface area contributed by atoms with E-state index in [1.54, 1.807) is 20.8 Å². The number of aromatic hydroxyl groups is 1. The van der Waals surface area contributed by atoms with E-state index in [-0.39, 0.29) is 23.7 Å². The Labute approximate surface area is 108 Å². The molecule has 6 heteroatoms. The molecule has 1 aromatic carbocycles. The summed E-state index contributed by atoms with van der Waals surface area (Å²) in [6, 6.07) is 5.50. The van der Waals surface area contributed by atoms with Crippen molar-refractivity contribution in [1.82, 2.24) is 4.31 Å². The standard InChI is InChI=1S/C12H19NO4S/c1-4-13(9-12(2,3)15)18(16,17)11-7-5-6-10(14)8-11/h5-8,14-15H,4,9H2,1-3H3. The fraction of sp³-hybridized carbons (Fsp3) is 0.500. The maximum absolute atomic E-state index is 12.3. The van der Waals surface area contributed by atoms with Crippen LogP contribution in [-0.4, -0.2) is 41.6 Å². The molecule has 0 unspecified atom stereocenters. The average Bonchev–Trinajstić information content (AvgIpc) is 2.24. The SMILES string of the molecule is CCN(CC(C)(C)O)S(=O)(=O)c1cccc(O)c1. The van der Waals surface area contributed by atoms with E-state index in [0.717, 1.165) is 0 Å². The van der Waals surface area contributed by atoms with Crippen LogP contribution in [0.5, 0.6) is 5.75 Å². The van der Waals surface area contributed by atoms with Gasteiger partial charge in [0, 0.05) is 13.1 Å². The molecular formula is C12H19NO4S. The van der Waals surface area contributed by atoms with E-state index in [4.69, 9.17) is 0 Å². The molecule has 0 aliphatic rings. The van der Waals surface area contributed by atoms with Gasteiger partial charge < -0.3 is 10.2 Å². The van der Waals surface area contributed by atoms with Crippen LogP contribution in [0.2, 0.25) is 0 Å². The second-order valence-corrected chi connectivity index (χ2v) is 6.68. The Kier molecular flexibility index (Phi) is 4.37. The number of likely N-dealkylation sites (N-methyl/N-ethyl adjacent to an activating group) is 1. The van der Waals surface area contributed by atoms with Gasteiger partial charge in [-0.15, -0.1) is 0 Å². The van der Waals surface area contributed by atoms with Gasteiger partial charge in [0.1, 0.15) is 5.75 Å². The molecule has 0 atom stereocenters. The minimum absolute atomic E-state index is 0.00148. The van der Waals surface area contributed by atoms with Crippen molar-refractivity contribution in [1.29, 1.82) is 0 Å². The molecule has 0 aliphatic carbocycles. The highest BCUT2D eigenvalue weighted by Crippen LogP contribution is 2.21. The Morgan fingerprint density at radius 3 is 2.39 bits per heavy atom. The van der Waals surface area contributed by atoms with Crippen molar-refractivity contribution >= 4 is 10.0 Å². The molecule has 0 aromatic heterocycles. The molecular weight excluding hydrogens is 254 g/mol. The molecule has 2 N–H and O–H groups in total. The van der Waals surface area contributed by atoms with Gasteiger partial charge >= 0.3 is 0 Å². The summed E-state index contributed by atoms with van der Waals surface area (Å²) in [6.07, 6.45) is 0. The monoisotopic (exact) mass is 273 g/mol. The van der Waals surface area contributed by atoms with Crippen LogP contribution in [0.25, 0.3) is 0 Å². The lowest BCUT2D eigenvalue weighted by atomic mass is 10.1. The topological polar surface area (TPSA) is 77.8 Å². The first kappa shape index (κ1) is 14.9. The summed E-state index contributed by atoms with van der Waals surface area (Å²) < 4.78 is 25.8. The van der Waals surface area contributed by atoms with Crippen LogP contribution in [0.1, 0.15) is 20.8 Å². The molecule has 0 amide bonds. The first-order valence-corrected chi connectivity index (χ1v) is 7.12. The van der Waals surface area contributed by atoms with Crippen molar-refractivity contribution < 1.29 is 18.6 Å². The van der Waals surface area contributed by atoms with Gasteiger partial charge in [-0.1, -0.05) is 13.0 Å². The highest BCUT2D eigenvalue weighted by molar-refractivity contribution is 7.89. The molecule has 18 heavy (non-hydrogen) atoms. The van der Waals surface area contributed by atoms with E-state index in [1.807, 2.05) is 0 Å². The molecule has 102 valence electrons. The third-order valence-corrected chi connectivity index (χ3v) is 4.29. The van der Waals surface area contributed by atoms with Crippen LogP contribution in [0.4, 0.5) is 0 Å². The zero-order valence-electron chi connectivity index (χ0n) is 10.8. The van der Waals surface area contributed by atoms with Gasteiger partial charge in [0.25, 0.3) is 0 Å². The molecule has 0 heterocycles. The molecule has 0 saturated carbocycles. The number of phenols is 1. The third-order valence-electron chi connectivity index (χ3n) is 2.37. The summed E-state index contributed by atoms with van der Waals surface area (Å²) in [6.45, 7) is 5.05. The summed E-state index contributed by atoms with van der Waals surface area (Å²) in [5, 5.41) is 19.1. The van der Waals surface area contributed by atoms with Crippen molar-refractivity contribution in [3.05, 3.63) is 24.3 Å². The maximum Gasteiger partial charge on any atom is 0.243 e. The van der Waals surface area contributed by atoms with Gasteiger partial charge in [-0.05, 0) is 32.0 Å². The van der Waals surface area contributed by atoms with E-state index < -0.39 is 15.6 Å². The third kappa shape index (κ3) is 3.69. The van der Waals surface area contributed by atoms with Crippen molar-refractivity contribution in [2.45, 2.75) is 31.3 Å². The number of sulfonamides is 1. The average molecular weight is 273 g/mol. The first-order chi connectivity index (χ1) is 8.16. The van der Waals surface area contributed by atoms with Crippen LogP contribution >= 0.6 is 0 Å². The lowest BCUT2D eigenvalue weighted by Crippen LogP contribution is -2.42. The summed E-state index contributed by atoms with van der Waals surface area (Å²) in [5.74, 6) is -0.101. The molecule has 5 nitrogen and oxygen atoms in total. The van der Waals surface area contributed by atoms with Gasteiger partial charge in [0.15, 0.2) is 0 Å². The fourth-order valence-corrected chi connectivity index (χ4v) is 3.24. The summed E-state index contributed by atoms with van der Waals surface area (Å²) in [7, 11) is -3.69. The normalized spacial score (nSPS) is 12.9. The predicted molar refractivity (Wildman–Crippen MR) is 68.8 cm³/mol. The molecule has 0 fully saturated rings. The van der Waals surface area contributed by atoms with Gasteiger partial charge in [-0.2, -0.15) is 4.31 Å². The van der Waals surface area contributed by atoms with Gasteiger partial charge in [-0.3, -0.25) is 0 Å². The summed E-state index contributed by atoms with van der Waals surface area (Å²) in [5.41, 5.74) is -1.11. The first-order valence-electron chi connectivity index (χ1n) is 5.68. The van der Waals surface area contributed by atoms with E-state index in [1.165, 1.54) is 28.6 Å².